The molecule has 1 saturated carbocycles. The molecule has 1 heterocycles. The van der Waals surface area contributed by atoms with Gasteiger partial charge in [0.05, 0.1) is 11.7 Å². The predicted octanol–water partition coefficient (Wildman–Crippen LogP) is 3.01. The monoisotopic (exact) mass is 266 g/mol. The Morgan fingerprint density at radius 2 is 1.63 bits per heavy atom. The van der Waals surface area contributed by atoms with Crippen LogP contribution in [0.2, 0.25) is 0 Å². The fraction of sp³-hybridized carbons (Fsp3) is 0.938. The molecule has 2 unspecified atom stereocenters. The van der Waals surface area contributed by atoms with E-state index < -0.39 is 0 Å². The average molecular weight is 266 g/mol. The van der Waals surface area contributed by atoms with E-state index in [2.05, 4.69) is 51.8 Å². The molecule has 2 atom stereocenters. The Kier molecular flexibility index (Phi) is 3.29. The molecule has 2 fully saturated rings. The zero-order valence-corrected chi connectivity index (χ0v) is 13.6. The number of hydrogen-bond acceptors (Lipinski definition) is 2. The van der Waals surface area contributed by atoms with Gasteiger partial charge in [-0.2, -0.15) is 0 Å². The van der Waals surface area contributed by atoms with Gasteiger partial charge in [0.25, 0.3) is 0 Å². The van der Waals surface area contributed by atoms with Crippen LogP contribution in [0.3, 0.4) is 0 Å². The number of nitrogens with zero attached hydrogens (tertiary/aromatic N) is 1. The van der Waals surface area contributed by atoms with Crippen molar-refractivity contribution in [3.63, 3.8) is 0 Å². The van der Waals surface area contributed by atoms with Crippen LogP contribution in [0.1, 0.15) is 61.3 Å². The number of amides is 1. The van der Waals surface area contributed by atoms with Gasteiger partial charge in [0.1, 0.15) is 0 Å². The zero-order valence-electron chi connectivity index (χ0n) is 13.6. The zero-order chi connectivity index (χ0) is 14.6. The molecule has 1 aliphatic carbocycles. The van der Waals surface area contributed by atoms with Gasteiger partial charge in [0.2, 0.25) is 5.91 Å². The maximum Gasteiger partial charge on any atom is 0.243 e. The fourth-order valence-corrected chi connectivity index (χ4v) is 3.74. The Morgan fingerprint density at radius 1 is 1.11 bits per heavy atom. The number of nitrogens with one attached hydrogen (secondary N) is 1. The molecule has 3 nitrogen and oxygen atoms in total. The summed E-state index contributed by atoms with van der Waals surface area (Å²) in [5.74, 6) is 0.902. The predicted molar refractivity (Wildman–Crippen MR) is 78.7 cm³/mol. The minimum atomic E-state index is -0.357. The number of carbonyl (C=O) groups is 1. The molecule has 1 N–H and O–H groups in total. The summed E-state index contributed by atoms with van der Waals surface area (Å²) >= 11 is 0. The molecule has 1 aliphatic heterocycles. The first-order valence-electron chi connectivity index (χ1n) is 7.70. The molecule has 0 radical (unpaired) electrons. The minimum absolute atomic E-state index is 0.213. The highest BCUT2D eigenvalue weighted by atomic mass is 16.2. The van der Waals surface area contributed by atoms with Crippen LogP contribution < -0.4 is 5.32 Å². The lowest BCUT2D eigenvalue weighted by Gasteiger charge is -2.24. The fourth-order valence-electron chi connectivity index (χ4n) is 3.74. The van der Waals surface area contributed by atoms with E-state index in [4.69, 9.17) is 0 Å². The summed E-state index contributed by atoms with van der Waals surface area (Å²) in [6.07, 6.45) is 2.05. The third-order valence-electron chi connectivity index (χ3n) is 6.39. The van der Waals surface area contributed by atoms with Crippen LogP contribution in [0, 0.1) is 16.7 Å². The quantitative estimate of drug-likeness (QED) is 0.848. The van der Waals surface area contributed by atoms with Crippen LogP contribution in [0.15, 0.2) is 0 Å². The lowest BCUT2D eigenvalue weighted by Crippen LogP contribution is -2.43. The SMILES string of the molecule is CCC1NC(C)(CC)C(=O)N1CC1C(C)(C)C1(C)C. The molecule has 0 bridgehead atoms. The summed E-state index contributed by atoms with van der Waals surface area (Å²) in [7, 11) is 0. The molecule has 2 aliphatic rings. The van der Waals surface area contributed by atoms with E-state index >= 15 is 0 Å². The highest BCUT2D eigenvalue weighted by molar-refractivity contribution is 5.88. The number of hydrogen-bond donors (Lipinski definition) is 1. The Hall–Kier alpha value is -0.570. The van der Waals surface area contributed by atoms with Crippen LogP contribution in [-0.2, 0) is 4.79 Å². The van der Waals surface area contributed by atoms with Crippen molar-refractivity contribution in [2.75, 3.05) is 6.54 Å². The van der Waals surface area contributed by atoms with E-state index in [1.54, 1.807) is 0 Å². The van der Waals surface area contributed by atoms with E-state index in [9.17, 15) is 4.79 Å². The van der Waals surface area contributed by atoms with Crippen molar-refractivity contribution in [2.24, 2.45) is 16.7 Å². The standard InChI is InChI=1S/C16H30N2O/c1-8-12-17-16(7,9-2)13(19)18(12)10-11-14(3,4)15(11,5)6/h11-12,17H,8-10H2,1-7H3. The third-order valence-corrected chi connectivity index (χ3v) is 6.39. The van der Waals surface area contributed by atoms with Crippen LogP contribution in [0.5, 0.6) is 0 Å². The van der Waals surface area contributed by atoms with Crippen LogP contribution in [-0.4, -0.2) is 29.1 Å². The maximum absolute atomic E-state index is 12.7. The third kappa shape index (κ3) is 1.93. The largest absolute Gasteiger partial charge is 0.325 e. The van der Waals surface area contributed by atoms with Gasteiger partial charge < -0.3 is 4.90 Å². The van der Waals surface area contributed by atoms with Crippen LogP contribution >= 0.6 is 0 Å². The second-order valence-corrected chi connectivity index (χ2v) is 7.71. The normalized spacial score (nSPS) is 36.9. The molecule has 19 heavy (non-hydrogen) atoms. The molecule has 1 amide bonds. The second kappa shape index (κ2) is 4.21. The summed E-state index contributed by atoms with van der Waals surface area (Å²) in [4.78, 5) is 14.8. The van der Waals surface area contributed by atoms with Crippen molar-refractivity contribution in [3.8, 4) is 0 Å². The molecule has 0 aromatic heterocycles. The second-order valence-electron chi connectivity index (χ2n) is 7.71. The Bertz CT molecular complexity index is 374. The average Bonchev–Trinajstić information content (AvgIpc) is 2.61. The van der Waals surface area contributed by atoms with Crippen LogP contribution in [0.25, 0.3) is 0 Å². The maximum atomic E-state index is 12.7. The van der Waals surface area contributed by atoms with Crippen molar-refractivity contribution in [2.45, 2.75) is 73.0 Å². The molecular formula is C16H30N2O. The lowest BCUT2D eigenvalue weighted by molar-refractivity contribution is -0.133. The van der Waals surface area contributed by atoms with Crippen molar-refractivity contribution in [1.29, 1.82) is 0 Å². The molecular weight excluding hydrogens is 236 g/mol. The Balaban J connectivity index is 2.14. The first-order valence-corrected chi connectivity index (χ1v) is 7.70. The molecule has 110 valence electrons. The van der Waals surface area contributed by atoms with Crippen molar-refractivity contribution in [1.82, 2.24) is 10.2 Å². The van der Waals surface area contributed by atoms with Gasteiger partial charge in [-0.15, -0.1) is 0 Å². The van der Waals surface area contributed by atoms with E-state index in [0.29, 0.717) is 22.7 Å². The first kappa shape index (κ1) is 14.8. The first-order chi connectivity index (χ1) is 8.61. The highest BCUT2D eigenvalue weighted by Gasteiger charge is 2.65. The Labute approximate surface area is 118 Å². The van der Waals surface area contributed by atoms with Gasteiger partial charge in [-0.05, 0) is 36.5 Å². The van der Waals surface area contributed by atoms with Gasteiger partial charge in [-0.1, -0.05) is 41.5 Å². The van der Waals surface area contributed by atoms with Gasteiger partial charge in [-0.25, -0.2) is 0 Å². The van der Waals surface area contributed by atoms with Gasteiger partial charge >= 0.3 is 0 Å². The van der Waals surface area contributed by atoms with E-state index in [1.807, 2.05) is 6.92 Å². The minimum Gasteiger partial charge on any atom is -0.325 e. The van der Waals surface area contributed by atoms with Crippen molar-refractivity contribution in [3.05, 3.63) is 0 Å². The van der Waals surface area contributed by atoms with E-state index in [0.717, 1.165) is 19.4 Å². The Morgan fingerprint density at radius 3 is 2.00 bits per heavy atom. The molecule has 0 spiro atoms. The summed E-state index contributed by atoms with van der Waals surface area (Å²) in [5, 5.41) is 3.53. The topological polar surface area (TPSA) is 32.3 Å². The molecule has 2 rings (SSSR count). The summed E-state index contributed by atoms with van der Waals surface area (Å²) in [6, 6.07) is 0. The van der Waals surface area contributed by atoms with E-state index in [-0.39, 0.29) is 11.7 Å². The van der Waals surface area contributed by atoms with Gasteiger partial charge in [0, 0.05) is 6.54 Å². The number of rotatable bonds is 4. The highest BCUT2D eigenvalue weighted by Crippen LogP contribution is 2.68. The van der Waals surface area contributed by atoms with E-state index in [1.165, 1.54) is 0 Å². The lowest BCUT2D eigenvalue weighted by atomic mass is 9.99. The summed E-state index contributed by atoms with van der Waals surface area (Å²) < 4.78 is 0. The van der Waals surface area contributed by atoms with Crippen molar-refractivity contribution >= 4 is 5.91 Å². The number of carbonyl (C=O) groups excluding carboxylic acids is 1. The molecule has 1 saturated heterocycles. The summed E-state index contributed by atoms with van der Waals surface area (Å²) in [5.41, 5.74) is 0.331. The van der Waals surface area contributed by atoms with Gasteiger partial charge in [-0.3, -0.25) is 10.1 Å². The van der Waals surface area contributed by atoms with Crippen LogP contribution in [0.4, 0.5) is 0 Å². The molecule has 0 aromatic rings. The van der Waals surface area contributed by atoms with Gasteiger partial charge in [0.15, 0.2) is 0 Å². The van der Waals surface area contributed by atoms with Crippen molar-refractivity contribution < 1.29 is 4.79 Å². The smallest absolute Gasteiger partial charge is 0.243 e. The molecule has 3 heteroatoms. The summed E-state index contributed by atoms with van der Waals surface area (Å²) in [6.45, 7) is 16.5. The molecule has 0 aromatic carbocycles.